The van der Waals surface area contributed by atoms with Gasteiger partial charge in [0.15, 0.2) is 9.84 Å². The zero-order chi connectivity index (χ0) is 11.6. The molecule has 0 spiro atoms. The smallest absolute Gasteiger partial charge is 0.237 e. The number of nitrogens with one attached hydrogen (secondary N) is 2. The van der Waals surface area contributed by atoms with Crippen LogP contribution in [-0.4, -0.2) is 44.5 Å². The molecule has 2 saturated heterocycles. The summed E-state index contributed by atoms with van der Waals surface area (Å²) in [5, 5.41) is 5.98. The molecule has 17 heavy (non-hydrogen) atoms. The van der Waals surface area contributed by atoms with Crippen molar-refractivity contribution in [3.63, 3.8) is 0 Å². The van der Waals surface area contributed by atoms with Crippen LogP contribution < -0.4 is 10.6 Å². The molecular formula is C10H19ClN2O3S. The molecule has 1 amide bonds. The van der Waals surface area contributed by atoms with E-state index in [1.54, 1.807) is 0 Å². The van der Waals surface area contributed by atoms with Gasteiger partial charge in [0.1, 0.15) is 0 Å². The Morgan fingerprint density at radius 1 is 1.24 bits per heavy atom. The maximum Gasteiger partial charge on any atom is 0.237 e. The average molecular weight is 283 g/mol. The van der Waals surface area contributed by atoms with E-state index >= 15 is 0 Å². The van der Waals surface area contributed by atoms with Gasteiger partial charge in [0, 0.05) is 6.04 Å². The molecule has 2 rings (SSSR count). The summed E-state index contributed by atoms with van der Waals surface area (Å²) < 4.78 is 22.5. The van der Waals surface area contributed by atoms with Crippen molar-refractivity contribution >= 4 is 28.2 Å². The number of sulfone groups is 1. The van der Waals surface area contributed by atoms with Crippen LogP contribution in [0.2, 0.25) is 0 Å². The van der Waals surface area contributed by atoms with Gasteiger partial charge in [-0.2, -0.15) is 0 Å². The highest BCUT2D eigenvalue weighted by Crippen LogP contribution is 2.13. The summed E-state index contributed by atoms with van der Waals surface area (Å²) in [7, 11) is -2.91. The summed E-state index contributed by atoms with van der Waals surface area (Å²) in [6.45, 7) is 0.876. The third-order valence-electron chi connectivity index (χ3n) is 3.21. The molecule has 2 aliphatic rings. The molecule has 2 heterocycles. The lowest BCUT2D eigenvalue weighted by atomic mass is 10.0. The topological polar surface area (TPSA) is 75.3 Å². The Morgan fingerprint density at radius 3 is 2.53 bits per heavy atom. The molecule has 0 saturated carbocycles. The first-order valence-corrected chi connectivity index (χ1v) is 7.63. The maximum absolute atomic E-state index is 11.8. The minimum atomic E-state index is -2.91. The predicted octanol–water partition coefficient (Wildman–Crippen LogP) is -0.146. The van der Waals surface area contributed by atoms with Crippen molar-refractivity contribution in [2.75, 3.05) is 18.1 Å². The number of piperidine rings is 1. The van der Waals surface area contributed by atoms with E-state index in [2.05, 4.69) is 10.6 Å². The average Bonchev–Trinajstić information content (AvgIpc) is 2.59. The van der Waals surface area contributed by atoms with Crippen molar-refractivity contribution in [3.05, 3.63) is 0 Å². The maximum atomic E-state index is 11.8. The van der Waals surface area contributed by atoms with Crippen molar-refractivity contribution in [1.29, 1.82) is 0 Å². The zero-order valence-electron chi connectivity index (χ0n) is 9.65. The molecule has 0 aromatic rings. The molecular weight excluding hydrogens is 264 g/mol. The van der Waals surface area contributed by atoms with Crippen molar-refractivity contribution in [2.24, 2.45) is 0 Å². The van der Waals surface area contributed by atoms with Gasteiger partial charge in [-0.1, -0.05) is 6.42 Å². The Bertz CT molecular complexity index is 366. The number of carbonyl (C=O) groups excluding carboxylic acids is 1. The molecule has 0 aromatic heterocycles. The lowest BCUT2D eigenvalue weighted by Crippen LogP contribution is -2.49. The van der Waals surface area contributed by atoms with E-state index in [1.165, 1.54) is 0 Å². The van der Waals surface area contributed by atoms with E-state index in [1.807, 2.05) is 0 Å². The van der Waals surface area contributed by atoms with Gasteiger partial charge in [0.2, 0.25) is 5.91 Å². The number of carbonyl (C=O) groups is 1. The van der Waals surface area contributed by atoms with Gasteiger partial charge < -0.3 is 10.6 Å². The van der Waals surface area contributed by atoms with Gasteiger partial charge in [-0.25, -0.2) is 8.42 Å². The first-order valence-electron chi connectivity index (χ1n) is 5.81. The standard InChI is InChI=1S/C10H18N2O3S.ClH/c13-10(9-3-1-2-5-11-9)12-8-4-6-16(14,15)7-8;/h8-9,11H,1-7H2,(H,12,13);1H/t8?,9-;/m0./s1. The highest BCUT2D eigenvalue weighted by Gasteiger charge is 2.30. The quantitative estimate of drug-likeness (QED) is 0.739. The third kappa shape index (κ3) is 4.12. The largest absolute Gasteiger partial charge is 0.351 e. The molecule has 1 unspecified atom stereocenters. The fourth-order valence-electron chi connectivity index (χ4n) is 2.29. The fraction of sp³-hybridized carbons (Fsp3) is 0.900. The monoisotopic (exact) mass is 282 g/mol. The van der Waals surface area contributed by atoms with E-state index in [-0.39, 0.29) is 41.9 Å². The Balaban J connectivity index is 0.00000144. The van der Waals surface area contributed by atoms with Crippen LogP contribution in [0.5, 0.6) is 0 Å². The normalized spacial score (nSPS) is 31.5. The molecule has 2 fully saturated rings. The second-order valence-electron chi connectivity index (χ2n) is 4.61. The van der Waals surface area contributed by atoms with Gasteiger partial charge in [-0.15, -0.1) is 12.4 Å². The molecule has 0 bridgehead atoms. The van der Waals surface area contributed by atoms with Gasteiger partial charge >= 0.3 is 0 Å². The number of rotatable bonds is 2. The van der Waals surface area contributed by atoms with Crippen LogP contribution in [0.3, 0.4) is 0 Å². The van der Waals surface area contributed by atoms with Crippen molar-refractivity contribution in [2.45, 2.75) is 37.8 Å². The molecule has 2 N–H and O–H groups in total. The minimum Gasteiger partial charge on any atom is -0.351 e. The Hall–Kier alpha value is -0.330. The predicted molar refractivity (Wildman–Crippen MR) is 68.1 cm³/mol. The zero-order valence-corrected chi connectivity index (χ0v) is 11.3. The molecule has 2 atom stereocenters. The summed E-state index contributed by atoms with van der Waals surface area (Å²) in [4.78, 5) is 11.8. The summed E-state index contributed by atoms with van der Waals surface area (Å²) in [6, 6.07) is -0.307. The SMILES string of the molecule is Cl.O=C(NC1CCS(=O)(=O)C1)[C@@H]1CCCCN1. The minimum absolute atomic E-state index is 0. The van der Waals surface area contributed by atoms with Gasteiger partial charge in [-0.3, -0.25) is 4.79 Å². The first kappa shape index (κ1) is 14.7. The Kier molecular flexibility index (Phi) is 5.22. The van der Waals surface area contributed by atoms with Crippen LogP contribution in [0.15, 0.2) is 0 Å². The molecule has 100 valence electrons. The van der Waals surface area contributed by atoms with Gasteiger partial charge in [0.25, 0.3) is 0 Å². The second kappa shape index (κ2) is 6.02. The van der Waals surface area contributed by atoms with Gasteiger partial charge in [-0.05, 0) is 25.8 Å². The van der Waals surface area contributed by atoms with Crippen LogP contribution in [0.25, 0.3) is 0 Å². The van der Waals surface area contributed by atoms with E-state index < -0.39 is 9.84 Å². The number of amides is 1. The lowest BCUT2D eigenvalue weighted by molar-refractivity contribution is -0.124. The molecule has 0 radical (unpaired) electrons. The van der Waals surface area contributed by atoms with Crippen LogP contribution in [0, 0.1) is 0 Å². The molecule has 7 heteroatoms. The van der Waals surface area contributed by atoms with Gasteiger partial charge in [0.05, 0.1) is 17.5 Å². The number of halogens is 1. The molecule has 5 nitrogen and oxygen atoms in total. The molecule has 0 aromatic carbocycles. The molecule has 0 aliphatic carbocycles. The lowest BCUT2D eigenvalue weighted by Gasteiger charge is -2.24. The highest BCUT2D eigenvalue weighted by molar-refractivity contribution is 7.91. The van der Waals surface area contributed by atoms with Crippen molar-refractivity contribution < 1.29 is 13.2 Å². The number of hydrogen-bond donors (Lipinski definition) is 2. The van der Waals surface area contributed by atoms with E-state index in [4.69, 9.17) is 0 Å². The summed E-state index contributed by atoms with van der Waals surface area (Å²) in [5.41, 5.74) is 0. The summed E-state index contributed by atoms with van der Waals surface area (Å²) in [5.74, 6) is 0.267. The van der Waals surface area contributed by atoms with Crippen LogP contribution in [-0.2, 0) is 14.6 Å². The fourth-order valence-corrected chi connectivity index (χ4v) is 3.96. The first-order chi connectivity index (χ1) is 7.57. The Morgan fingerprint density at radius 2 is 2.00 bits per heavy atom. The van der Waals surface area contributed by atoms with E-state index in [9.17, 15) is 13.2 Å². The third-order valence-corrected chi connectivity index (χ3v) is 4.97. The molecule has 2 aliphatic heterocycles. The van der Waals surface area contributed by atoms with Crippen LogP contribution >= 0.6 is 12.4 Å². The van der Waals surface area contributed by atoms with Crippen LogP contribution in [0.1, 0.15) is 25.7 Å². The summed E-state index contributed by atoms with van der Waals surface area (Å²) in [6.07, 6.45) is 3.59. The van der Waals surface area contributed by atoms with E-state index in [0.29, 0.717) is 6.42 Å². The Labute approximate surface area is 108 Å². The summed E-state index contributed by atoms with van der Waals surface area (Å²) >= 11 is 0. The van der Waals surface area contributed by atoms with Crippen molar-refractivity contribution in [3.8, 4) is 0 Å². The van der Waals surface area contributed by atoms with Crippen molar-refractivity contribution in [1.82, 2.24) is 10.6 Å². The highest BCUT2D eigenvalue weighted by atomic mass is 35.5. The second-order valence-corrected chi connectivity index (χ2v) is 6.84. The number of hydrogen-bond acceptors (Lipinski definition) is 4. The van der Waals surface area contributed by atoms with E-state index in [0.717, 1.165) is 25.8 Å². The van der Waals surface area contributed by atoms with Crippen LogP contribution in [0.4, 0.5) is 0 Å².